The topological polar surface area (TPSA) is 64.3 Å². The maximum absolute atomic E-state index is 5.93. The summed E-state index contributed by atoms with van der Waals surface area (Å²) in [5, 5.41) is 0. The zero-order valence-corrected chi connectivity index (χ0v) is 12.0. The molecule has 2 N–H and O–H groups in total. The Morgan fingerprint density at radius 2 is 2.21 bits per heavy atom. The van der Waals surface area contributed by atoms with Crippen LogP contribution in [0.4, 0.5) is 0 Å². The zero-order chi connectivity index (χ0) is 13.8. The van der Waals surface area contributed by atoms with Gasteiger partial charge in [0.25, 0.3) is 0 Å². The Morgan fingerprint density at radius 3 is 2.84 bits per heavy atom. The van der Waals surface area contributed by atoms with E-state index in [-0.39, 0.29) is 6.04 Å². The molecule has 0 aliphatic carbocycles. The van der Waals surface area contributed by atoms with Crippen molar-refractivity contribution < 1.29 is 4.74 Å². The molecule has 106 valence electrons. The number of aromatic nitrogens is 2. The molecule has 1 aliphatic heterocycles. The second-order valence-electron chi connectivity index (χ2n) is 5.21. The van der Waals surface area contributed by atoms with Gasteiger partial charge in [-0.15, -0.1) is 0 Å². The third-order valence-corrected chi connectivity index (χ3v) is 4.13. The Bertz CT molecular complexity index is 412. The standard InChI is InChI=1S/C14H24N4O/c1-10-14(17-6-5-16-10)11(2)18-7-4-13(19-3)8-12(18)9-15/h5-6,11-13H,4,7-9,15H2,1-3H3. The molecule has 0 saturated carbocycles. The minimum atomic E-state index is 0.250. The predicted octanol–water partition coefficient (Wildman–Crippen LogP) is 1.28. The lowest BCUT2D eigenvalue weighted by atomic mass is 9.96. The van der Waals surface area contributed by atoms with Crippen LogP contribution in [0.3, 0.4) is 0 Å². The molecule has 3 atom stereocenters. The number of methoxy groups -OCH3 is 1. The maximum atomic E-state index is 5.93. The Morgan fingerprint density at radius 1 is 1.47 bits per heavy atom. The lowest BCUT2D eigenvalue weighted by molar-refractivity contribution is -0.00247. The minimum Gasteiger partial charge on any atom is -0.381 e. The summed E-state index contributed by atoms with van der Waals surface area (Å²) in [6.07, 6.45) is 5.88. The highest BCUT2D eigenvalue weighted by molar-refractivity contribution is 5.13. The van der Waals surface area contributed by atoms with Crippen molar-refractivity contribution in [2.45, 2.75) is 44.9 Å². The van der Waals surface area contributed by atoms with Crippen LogP contribution in [0, 0.1) is 6.92 Å². The summed E-state index contributed by atoms with van der Waals surface area (Å²) in [6, 6.07) is 0.607. The molecule has 2 heterocycles. The molecule has 1 aromatic rings. The lowest BCUT2D eigenvalue weighted by Crippen LogP contribution is -2.49. The number of likely N-dealkylation sites (tertiary alicyclic amines) is 1. The molecule has 1 fully saturated rings. The number of aryl methyl sites for hydroxylation is 1. The van der Waals surface area contributed by atoms with Crippen molar-refractivity contribution in [3.05, 3.63) is 23.8 Å². The molecule has 1 aromatic heterocycles. The number of hydrogen-bond acceptors (Lipinski definition) is 5. The first kappa shape index (κ1) is 14.4. The Labute approximate surface area is 115 Å². The molecular weight excluding hydrogens is 240 g/mol. The van der Waals surface area contributed by atoms with E-state index in [1.807, 2.05) is 6.92 Å². The summed E-state index contributed by atoms with van der Waals surface area (Å²) in [6.45, 7) is 5.85. The fourth-order valence-electron chi connectivity index (χ4n) is 2.97. The zero-order valence-electron chi connectivity index (χ0n) is 12.0. The highest BCUT2D eigenvalue weighted by atomic mass is 16.5. The first-order valence-corrected chi connectivity index (χ1v) is 6.93. The maximum Gasteiger partial charge on any atom is 0.0784 e. The van der Waals surface area contributed by atoms with E-state index >= 15 is 0 Å². The van der Waals surface area contributed by atoms with Crippen LogP contribution in [0.1, 0.15) is 37.2 Å². The molecule has 19 heavy (non-hydrogen) atoms. The number of rotatable bonds is 4. The van der Waals surface area contributed by atoms with Gasteiger partial charge >= 0.3 is 0 Å². The number of hydrogen-bond donors (Lipinski definition) is 1. The van der Waals surface area contributed by atoms with Gasteiger partial charge in [0.05, 0.1) is 23.5 Å². The highest BCUT2D eigenvalue weighted by Gasteiger charge is 2.32. The minimum absolute atomic E-state index is 0.250. The Kier molecular flexibility index (Phi) is 4.85. The van der Waals surface area contributed by atoms with Crippen molar-refractivity contribution in [1.29, 1.82) is 0 Å². The van der Waals surface area contributed by atoms with Crippen LogP contribution < -0.4 is 5.73 Å². The van der Waals surface area contributed by atoms with Gasteiger partial charge in [0, 0.05) is 38.6 Å². The fraction of sp³-hybridized carbons (Fsp3) is 0.714. The first-order valence-electron chi connectivity index (χ1n) is 6.93. The largest absolute Gasteiger partial charge is 0.381 e. The van der Waals surface area contributed by atoms with Crippen LogP contribution in [-0.4, -0.2) is 47.2 Å². The van der Waals surface area contributed by atoms with Gasteiger partial charge in [0.1, 0.15) is 0 Å². The lowest BCUT2D eigenvalue weighted by Gasteiger charge is -2.41. The second-order valence-corrected chi connectivity index (χ2v) is 5.21. The van der Waals surface area contributed by atoms with Crippen LogP contribution in [0.5, 0.6) is 0 Å². The van der Waals surface area contributed by atoms with Gasteiger partial charge in [0.15, 0.2) is 0 Å². The van der Waals surface area contributed by atoms with Crippen molar-refractivity contribution in [3.63, 3.8) is 0 Å². The van der Waals surface area contributed by atoms with Gasteiger partial charge in [-0.05, 0) is 26.7 Å². The van der Waals surface area contributed by atoms with Crippen molar-refractivity contribution in [1.82, 2.24) is 14.9 Å². The van der Waals surface area contributed by atoms with Crippen molar-refractivity contribution >= 4 is 0 Å². The summed E-state index contributed by atoms with van der Waals surface area (Å²) in [7, 11) is 1.78. The SMILES string of the molecule is COC1CCN(C(C)c2nccnc2C)C(CN)C1. The summed E-state index contributed by atoms with van der Waals surface area (Å²) in [5.41, 5.74) is 7.98. The van der Waals surface area contributed by atoms with Crippen molar-refractivity contribution in [2.24, 2.45) is 5.73 Å². The summed E-state index contributed by atoms with van der Waals surface area (Å²) in [4.78, 5) is 11.3. The van der Waals surface area contributed by atoms with E-state index in [1.54, 1.807) is 19.5 Å². The Balaban J connectivity index is 2.14. The molecule has 3 unspecified atom stereocenters. The van der Waals surface area contributed by atoms with E-state index < -0.39 is 0 Å². The average Bonchev–Trinajstić information content (AvgIpc) is 2.46. The number of ether oxygens (including phenoxy) is 1. The molecule has 2 rings (SSSR count). The summed E-state index contributed by atoms with van der Waals surface area (Å²) in [5.74, 6) is 0. The molecule has 1 aliphatic rings. The van der Waals surface area contributed by atoms with Crippen LogP contribution in [0.15, 0.2) is 12.4 Å². The van der Waals surface area contributed by atoms with Gasteiger partial charge in [-0.2, -0.15) is 0 Å². The third kappa shape index (κ3) is 3.11. The molecule has 0 amide bonds. The van der Waals surface area contributed by atoms with E-state index in [9.17, 15) is 0 Å². The molecule has 0 spiro atoms. The van der Waals surface area contributed by atoms with Crippen molar-refractivity contribution in [3.8, 4) is 0 Å². The number of nitrogens with zero attached hydrogens (tertiary/aromatic N) is 3. The predicted molar refractivity (Wildman–Crippen MR) is 74.8 cm³/mol. The van der Waals surface area contributed by atoms with Gasteiger partial charge in [-0.1, -0.05) is 0 Å². The number of piperidine rings is 1. The van der Waals surface area contributed by atoms with Crippen LogP contribution in [0.2, 0.25) is 0 Å². The van der Waals surface area contributed by atoms with Crippen LogP contribution in [-0.2, 0) is 4.74 Å². The summed E-state index contributed by atoms with van der Waals surface area (Å²) < 4.78 is 5.47. The van der Waals surface area contributed by atoms with Crippen LogP contribution in [0.25, 0.3) is 0 Å². The summed E-state index contributed by atoms with van der Waals surface area (Å²) >= 11 is 0. The molecule has 0 radical (unpaired) electrons. The fourth-order valence-corrected chi connectivity index (χ4v) is 2.97. The van der Waals surface area contributed by atoms with Gasteiger partial charge < -0.3 is 10.5 Å². The highest BCUT2D eigenvalue weighted by Crippen LogP contribution is 2.28. The van der Waals surface area contributed by atoms with Crippen LogP contribution >= 0.6 is 0 Å². The second kappa shape index (κ2) is 6.41. The Hall–Kier alpha value is -1.04. The average molecular weight is 264 g/mol. The molecular formula is C14H24N4O. The van der Waals surface area contributed by atoms with E-state index in [0.29, 0.717) is 18.7 Å². The van der Waals surface area contributed by atoms with E-state index in [4.69, 9.17) is 10.5 Å². The quantitative estimate of drug-likeness (QED) is 0.887. The number of nitrogens with two attached hydrogens (primary N) is 1. The van der Waals surface area contributed by atoms with Gasteiger partial charge in [-0.3, -0.25) is 14.9 Å². The third-order valence-electron chi connectivity index (χ3n) is 4.13. The monoisotopic (exact) mass is 264 g/mol. The van der Waals surface area contributed by atoms with E-state index in [2.05, 4.69) is 21.8 Å². The molecule has 1 saturated heterocycles. The van der Waals surface area contributed by atoms with E-state index in [0.717, 1.165) is 30.8 Å². The van der Waals surface area contributed by atoms with Gasteiger partial charge in [-0.25, -0.2) is 0 Å². The first-order chi connectivity index (χ1) is 9.17. The van der Waals surface area contributed by atoms with Gasteiger partial charge in [0.2, 0.25) is 0 Å². The van der Waals surface area contributed by atoms with E-state index in [1.165, 1.54) is 0 Å². The molecule has 5 nitrogen and oxygen atoms in total. The smallest absolute Gasteiger partial charge is 0.0784 e. The molecule has 0 aromatic carbocycles. The normalized spacial score (nSPS) is 26.3. The molecule has 0 bridgehead atoms. The van der Waals surface area contributed by atoms with Crippen molar-refractivity contribution in [2.75, 3.05) is 20.2 Å². The molecule has 5 heteroatoms.